The molecular formula is C18H19N-2. The Bertz CT molecular complexity index is 623. The average molecular weight is 249 g/mol. The number of fused-ring (bicyclic) bond motifs is 1. The van der Waals surface area contributed by atoms with Gasteiger partial charge in [-0.05, 0) is 34.7 Å². The Kier molecular flexibility index (Phi) is 3.96. The summed E-state index contributed by atoms with van der Waals surface area (Å²) >= 11 is 0. The zero-order chi connectivity index (χ0) is 13.8. The maximum Gasteiger partial charge on any atom is -0.0144 e. The Morgan fingerprint density at radius 1 is 1.21 bits per heavy atom. The van der Waals surface area contributed by atoms with Crippen molar-refractivity contribution in [2.75, 3.05) is 0 Å². The molecule has 0 amide bonds. The van der Waals surface area contributed by atoms with Gasteiger partial charge in [0.15, 0.2) is 0 Å². The zero-order valence-corrected chi connectivity index (χ0v) is 11.5. The molecule has 2 rings (SSSR count). The number of rotatable bonds is 4. The summed E-state index contributed by atoms with van der Waals surface area (Å²) in [6.45, 7) is 7.99. The zero-order valence-electron chi connectivity index (χ0n) is 11.5. The summed E-state index contributed by atoms with van der Waals surface area (Å²) in [6, 6.07) is 12.8. The van der Waals surface area contributed by atoms with Crippen LogP contribution in [-0.2, 0) is 0 Å². The Morgan fingerprint density at radius 2 is 1.89 bits per heavy atom. The first kappa shape index (κ1) is 13.3. The molecule has 0 saturated carbocycles. The second-order valence-electron chi connectivity index (χ2n) is 4.79. The van der Waals surface area contributed by atoms with Crippen molar-refractivity contribution in [3.63, 3.8) is 0 Å². The molecule has 2 aromatic carbocycles. The van der Waals surface area contributed by atoms with Crippen LogP contribution in [0.5, 0.6) is 0 Å². The molecule has 0 fully saturated rings. The van der Waals surface area contributed by atoms with Gasteiger partial charge in [-0.3, -0.25) is 6.20 Å². The third-order valence-corrected chi connectivity index (χ3v) is 3.62. The van der Waals surface area contributed by atoms with E-state index in [0.29, 0.717) is 0 Å². The van der Waals surface area contributed by atoms with Gasteiger partial charge in [0.05, 0.1) is 0 Å². The van der Waals surface area contributed by atoms with Gasteiger partial charge in [-0.1, -0.05) is 43.3 Å². The van der Waals surface area contributed by atoms with Crippen LogP contribution in [0.3, 0.4) is 0 Å². The number of nitrogens with one attached hydrogen (secondary N) is 1. The molecule has 1 nitrogen and oxygen atoms in total. The highest BCUT2D eigenvalue weighted by molar-refractivity contribution is 5.89. The van der Waals surface area contributed by atoms with Crippen molar-refractivity contribution in [3.8, 4) is 0 Å². The standard InChI is InChI=1S/C18H19N/c1-4-7-15(12-19)14(3)17-11-10-13(2)16-8-5-6-9-18(16)17/h4-12,14,19H,1H2,2-3H3/q-2. The lowest BCUT2D eigenvalue weighted by Crippen LogP contribution is -1.99. The van der Waals surface area contributed by atoms with Crippen LogP contribution in [0.2, 0.25) is 0 Å². The van der Waals surface area contributed by atoms with Crippen molar-refractivity contribution in [3.05, 3.63) is 84.1 Å². The fourth-order valence-corrected chi connectivity index (χ4v) is 2.48. The summed E-state index contributed by atoms with van der Waals surface area (Å²) < 4.78 is 0. The maximum absolute atomic E-state index is 7.55. The van der Waals surface area contributed by atoms with E-state index in [1.54, 1.807) is 6.08 Å². The molecule has 1 unspecified atom stereocenters. The minimum Gasteiger partial charge on any atom is -0.762 e. The molecule has 0 heterocycles. The minimum absolute atomic E-state index is 0.195. The van der Waals surface area contributed by atoms with Crippen molar-refractivity contribution in [2.45, 2.75) is 19.8 Å². The van der Waals surface area contributed by atoms with E-state index in [-0.39, 0.29) is 5.92 Å². The molecule has 0 aliphatic heterocycles. The minimum atomic E-state index is 0.195. The van der Waals surface area contributed by atoms with Crippen LogP contribution >= 0.6 is 0 Å². The highest BCUT2D eigenvalue weighted by Gasteiger charge is 2.10. The summed E-state index contributed by atoms with van der Waals surface area (Å²) in [7, 11) is 0. The molecule has 0 saturated heterocycles. The van der Waals surface area contributed by atoms with E-state index in [1.165, 1.54) is 28.1 Å². The number of allylic oxidation sites excluding steroid dienone is 2. The third kappa shape index (κ3) is 2.50. The van der Waals surface area contributed by atoms with Crippen molar-refractivity contribution >= 4 is 10.8 Å². The molecule has 2 aromatic rings. The summed E-state index contributed by atoms with van der Waals surface area (Å²) in [5, 5.41) is 2.56. The fourth-order valence-electron chi connectivity index (χ4n) is 2.48. The first-order valence-electron chi connectivity index (χ1n) is 6.50. The van der Waals surface area contributed by atoms with Crippen LogP contribution in [0.15, 0.2) is 60.8 Å². The first-order chi connectivity index (χ1) is 9.19. The molecule has 0 bridgehead atoms. The van der Waals surface area contributed by atoms with Crippen molar-refractivity contribution in [1.29, 1.82) is 0 Å². The highest BCUT2D eigenvalue weighted by atomic mass is 14.5. The van der Waals surface area contributed by atoms with Crippen molar-refractivity contribution < 1.29 is 0 Å². The molecule has 0 aromatic heterocycles. The lowest BCUT2D eigenvalue weighted by Gasteiger charge is -2.24. The van der Waals surface area contributed by atoms with Gasteiger partial charge in [-0.15, -0.1) is 0 Å². The molecule has 0 aliphatic carbocycles. The average Bonchev–Trinajstić information content (AvgIpc) is 2.45. The van der Waals surface area contributed by atoms with Gasteiger partial charge >= 0.3 is 0 Å². The van der Waals surface area contributed by atoms with Crippen LogP contribution in [0.1, 0.15) is 24.0 Å². The fraction of sp³-hybridized carbons (Fsp3) is 0.167. The smallest absolute Gasteiger partial charge is 0.0144 e. The Labute approximate surface area is 115 Å². The molecule has 0 spiro atoms. The molecule has 98 valence electrons. The molecule has 1 N–H and O–H groups in total. The lowest BCUT2D eigenvalue weighted by molar-refractivity contribution is 0.918. The highest BCUT2D eigenvalue weighted by Crippen LogP contribution is 2.33. The van der Waals surface area contributed by atoms with E-state index >= 15 is 0 Å². The molecule has 19 heavy (non-hydrogen) atoms. The van der Waals surface area contributed by atoms with Gasteiger partial charge in [0.2, 0.25) is 0 Å². The van der Waals surface area contributed by atoms with E-state index < -0.39 is 0 Å². The number of benzene rings is 2. The summed E-state index contributed by atoms with van der Waals surface area (Å²) in [6.07, 6.45) is 5.07. The molecule has 0 aliphatic rings. The lowest BCUT2D eigenvalue weighted by atomic mass is 9.87. The second kappa shape index (κ2) is 5.66. The Hall–Kier alpha value is -2.15. The summed E-state index contributed by atoms with van der Waals surface area (Å²) in [4.78, 5) is 0. The first-order valence-corrected chi connectivity index (χ1v) is 6.50. The predicted octanol–water partition coefficient (Wildman–Crippen LogP) is 5.58. The van der Waals surface area contributed by atoms with E-state index in [1.807, 2.05) is 6.42 Å². The van der Waals surface area contributed by atoms with Gasteiger partial charge < -0.3 is 5.73 Å². The third-order valence-electron chi connectivity index (χ3n) is 3.62. The predicted molar refractivity (Wildman–Crippen MR) is 84.0 cm³/mol. The number of hydrogen-bond acceptors (Lipinski definition) is 0. The van der Waals surface area contributed by atoms with Gasteiger partial charge in [-0.2, -0.15) is 24.6 Å². The molecular weight excluding hydrogens is 230 g/mol. The molecule has 1 atom stereocenters. The van der Waals surface area contributed by atoms with Gasteiger partial charge in [0.1, 0.15) is 0 Å². The Balaban J connectivity index is 2.57. The normalized spacial score (nSPS) is 13.3. The van der Waals surface area contributed by atoms with Crippen LogP contribution in [0.4, 0.5) is 0 Å². The van der Waals surface area contributed by atoms with Crippen molar-refractivity contribution in [2.24, 2.45) is 0 Å². The summed E-state index contributed by atoms with van der Waals surface area (Å²) in [5.74, 6) is 0.195. The largest absolute Gasteiger partial charge is 0.762 e. The topological polar surface area (TPSA) is 23.8 Å². The van der Waals surface area contributed by atoms with E-state index in [0.717, 1.165) is 5.57 Å². The van der Waals surface area contributed by atoms with Crippen LogP contribution in [-0.4, -0.2) is 0 Å². The monoisotopic (exact) mass is 249 g/mol. The van der Waals surface area contributed by atoms with E-state index in [2.05, 4.69) is 56.8 Å². The van der Waals surface area contributed by atoms with Crippen LogP contribution in [0.25, 0.3) is 16.5 Å². The quantitative estimate of drug-likeness (QED) is 0.632. The van der Waals surface area contributed by atoms with Gasteiger partial charge in [0.25, 0.3) is 0 Å². The second-order valence-corrected chi connectivity index (χ2v) is 4.79. The van der Waals surface area contributed by atoms with Crippen LogP contribution < -0.4 is 0 Å². The van der Waals surface area contributed by atoms with Gasteiger partial charge in [0, 0.05) is 0 Å². The van der Waals surface area contributed by atoms with E-state index in [4.69, 9.17) is 5.73 Å². The van der Waals surface area contributed by atoms with Gasteiger partial charge in [-0.25, -0.2) is 0 Å². The SMILES string of the molecule is C=C[CH-]C(=C[NH-])C(C)c1ccc(C)c2ccccc12. The number of aryl methyl sites for hydroxylation is 1. The summed E-state index contributed by atoms with van der Waals surface area (Å²) in [5.41, 5.74) is 11.1. The van der Waals surface area contributed by atoms with Crippen LogP contribution in [0, 0.1) is 13.3 Å². The maximum atomic E-state index is 7.55. The van der Waals surface area contributed by atoms with Crippen molar-refractivity contribution in [1.82, 2.24) is 0 Å². The Morgan fingerprint density at radius 3 is 2.53 bits per heavy atom. The van der Waals surface area contributed by atoms with E-state index in [9.17, 15) is 0 Å². The molecule has 1 heteroatoms. The molecule has 0 radical (unpaired) electrons. The number of hydrogen-bond donors (Lipinski definition) is 0.